The van der Waals surface area contributed by atoms with E-state index < -0.39 is 0 Å². The molecule has 0 aliphatic carbocycles. The number of aromatic nitrogens is 1. The molecule has 4 heteroatoms. The van der Waals surface area contributed by atoms with Crippen molar-refractivity contribution in [1.82, 2.24) is 4.98 Å². The van der Waals surface area contributed by atoms with Crippen LogP contribution in [0.25, 0.3) is 22.2 Å². The molecule has 0 spiro atoms. The normalized spacial score (nSPS) is 10.7. The zero-order chi connectivity index (χ0) is 18.8. The van der Waals surface area contributed by atoms with Crippen LogP contribution in [0.2, 0.25) is 0 Å². The quantitative estimate of drug-likeness (QED) is 0.519. The maximum Gasteiger partial charge on any atom is 0.256 e. The molecular formula is C23H17FN2O. The number of carbonyl (C=O) groups is 1. The Morgan fingerprint density at radius 2 is 1.63 bits per heavy atom. The summed E-state index contributed by atoms with van der Waals surface area (Å²) in [6, 6.07) is 23.1. The van der Waals surface area contributed by atoms with Gasteiger partial charge in [0, 0.05) is 16.6 Å². The largest absolute Gasteiger partial charge is 0.322 e. The fraction of sp³-hybridized carbons (Fsp3) is 0.0435. The number of anilines is 1. The van der Waals surface area contributed by atoms with Crippen LogP contribution in [0.1, 0.15) is 15.9 Å². The van der Waals surface area contributed by atoms with Gasteiger partial charge in [-0.1, -0.05) is 48.0 Å². The molecule has 4 aromatic rings. The van der Waals surface area contributed by atoms with Gasteiger partial charge in [0.1, 0.15) is 5.82 Å². The monoisotopic (exact) mass is 356 g/mol. The second kappa shape index (κ2) is 7.00. The molecule has 4 rings (SSSR count). The van der Waals surface area contributed by atoms with E-state index in [2.05, 4.69) is 5.32 Å². The Bertz CT molecular complexity index is 1120. The highest BCUT2D eigenvalue weighted by atomic mass is 19.1. The molecule has 1 N–H and O–H groups in total. The number of hydrogen-bond donors (Lipinski definition) is 1. The molecule has 27 heavy (non-hydrogen) atoms. The molecular weight excluding hydrogens is 339 g/mol. The Hall–Kier alpha value is -3.53. The molecule has 0 unspecified atom stereocenters. The van der Waals surface area contributed by atoms with Crippen LogP contribution < -0.4 is 5.32 Å². The van der Waals surface area contributed by atoms with E-state index in [1.807, 2.05) is 55.5 Å². The van der Waals surface area contributed by atoms with Crippen molar-refractivity contribution in [2.75, 3.05) is 5.32 Å². The van der Waals surface area contributed by atoms with E-state index >= 15 is 0 Å². The number of fused-ring (bicyclic) bond motifs is 1. The Labute approximate surface area is 156 Å². The van der Waals surface area contributed by atoms with Gasteiger partial charge in [-0.15, -0.1) is 0 Å². The van der Waals surface area contributed by atoms with Gasteiger partial charge in [0.25, 0.3) is 5.91 Å². The van der Waals surface area contributed by atoms with Gasteiger partial charge in [0.05, 0.1) is 16.8 Å². The summed E-state index contributed by atoms with van der Waals surface area (Å²) in [4.78, 5) is 17.6. The van der Waals surface area contributed by atoms with Crippen molar-refractivity contribution in [2.45, 2.75) is 6.92 Å². The van der Waals surface area contributed by atoms with E-state index in [1.54, 1.807) is 6.07 Å². The molecule has 3 nitrogen and oxygen atoms in total. The fourth-order valence-corrected chi connectivity index (χ4v) is 2.97. The molecule has 132 valence electrons. The summed E-state index contributed by atoms with van der Waals surface area (Å²) in [6.45, 7) is 2.03. The van der Waals surface area contributed by atoms with Crippen LogP contribution in [-0.2, 0) is 0 Å². The van der Waals surface area contributed by atoms with Gasteiger partial charge in [0.2, 0.25) is 0 Å². The van der Waals surface area contributed by atoms with Crippen molar-refractivity contribution in [3.63, 3.8) is 0 Å². The van der Waals surface area contributed by atoms with Crippen molar-refractivity contribution in [1.29, 1.82) is 0 Å². The first-order valence-corrected chi connectivity index (χ1v) is 8.64. The first kappa shape index (κ1) is 16.9. The molecule has 0 radical (unpaired) electrons. The Morgan fingerprint density at radius 1 is 0.926 bits per heavy atom. The zero-order valence-corrected chi connectivity index (χ0v) is 14.7. The molecule has 1 aromatic heterocycles. The number of amides is 1. The number of pyridine rings is 1. The third-order valence-corrected chi connectivity index (χ3v) is 4.41. The summed E-state index contributed by atoms with van der Waals surface area (Å²) < 4.78 is 13.1. The minimum atomic E-state index is -0.344. The predicted octanol–water partition coefficient (Wildman–Crippen LogP) is 5.60. The van der Waals surface area contributed by atoms with Crippen LogP contribution in [0, 0.1) is 12.7 Å². The SMILES string of the molecule is Cc1ccc(-c2cc(C(=O)Nc3ccc(F)cc3)c3ccccc3n2)cc1. The summed E-state index contributed by atoms with van der Waals surface area (Å²) in [5, 5.41) is 3.60. The highest BCUT2D eigenvalue weighted by molar-refractivity contribution is 6.13. The van der Waals surface area contributed by atoms with Gasteiger partial charge in [-0.05, 0) is 43.3 Å². The average molecular weight is 356 g/mol. The molecule has 0 atom stereocenters. The molecule has 0 aliphatic rings. The van der Waals surface area contributed by atoms with E-state index in [4.69, 9.17) is 4.98 Å². The minimum Gasteiger partial charge on any atom is -0.322 e. The van der Waals surface area contributed by atoms with Gasteiger partial charge < -0.3 is 5.32 Å². The highest BCUT2D eigenvalue weighted by Gasteiger charge is 2.14. The second-order valence-corrected chi connectivity index (χ2v) is 6.40. The molecule has 3 aromatic carbocycles. The number of nitrogens with one attached hydrogen (secondary N) is 1. The summed E-state index contributed by atoms with van der Waals surface area (Å²) in [7, 11) is 0. The molecule has 1 amide bonds. The summed E-state index contributed by atoms with van der Waals surface area (Å²) in [6.07, 6.45) is 0. The van der Waals surface area contributed by atoms with Gasteiger partial charge in [0.15, 0.2) is 0 Å². The lowest BCUT2D eigenvalue weighted by atomic mass is 10.0. The first-order valence-electron chi connectivity index (χ1n) is 8.64. The highest BCUT2D eigenvalue weighted by Crippen LogP contribution is 2.26. The van der Waals surface area contributed by atoms with Crippen LogP contribution in [-0.4, -0.2) is 10.9 Å². The second-order valence-electron chi connectivity index (χ2n) is 6.40. The number of rotatable bonds is 3. The smallest absolute Gasteiger partial charge is 0.256 e. The van der Waals surface area contributed by atoms with Crippen LogP contribution in [0.3, 0.4) is 0 Å². The Morgan fingerprint density at radius 3 is 2.37 bits per heavy atom. The Kier molecular flexibility index (Phi) is 4.38. The lowest BCUT2D eigenvalue weighted by molar-refractivity contribution is 0.102. The van der Waals surface area contributed by atoms with E-state index in [1.165, 1.54) is 24.3 Å². The summed E-state index contributed by atoms with van der Waals surface area (Å²) in [5.41, 5.74) is 4.66. The number of benzene rings is 3. The van der Waals surface area contributed by atoms with Crippen molar-refractivity contribution in [3.8, 4) is 11.3 Å². The van der Waals surface area contributed by atoms with Gasteiger partial charge >= 0.3 is 0 Å². The molecule has 0 saturated carbocycles. The van der Waals surface area contributed by atoms with Crippen molar-refractivity contribution in [2.24, 2.45) is 0 Å². The Balaban J connectivity index is 1.79. The van der Waals surface area contributed by atoms with Crippen molar-refractivity contribution < 1.29 is 9.18 Å². The summed E-state index contributed by atoms with van der Waals surface area (Å²) in [5.74, 6) is -0.599. The first-order chi connectivity index (χ1) is 13.1. The molecule has 0 fully saturated rings. The number of aryl methyl sites for hydroxylation is 1. The maximum atomic E-state index is 13.1. The summed E-state index contributed by atoms with van der Waals surface area (Å²) >= 11 is 0. The van der Waals surface area contributed by atoms with Crippen molar-refractivity contribution in [3.05, 3.63) is 95.8 Å². The number of para-hydroxylation sites is 1. The van der Waals surface area contributed by atoms with Gasteiger partial charge in [-0.3, -0.25) is 4.79 Å². The minimum absolute atomic E-state index is 0.256. The van der Waals surface area contributed by atoms with Crippen LogP contribution in [0.5, 0.6) is 0 Å². The predicted molar refractivity (Wildman–Crippen MR) is 106 cm³/mol. The number of carbonyl (C=O) groups excluding carboxylic acids is 1. The number of hydrogen-bond acceptors (Lipinski definition) is 2. The van der Waals surface area contributed by atoms with Crippen LogP contribution in [0.15, 0.2) is 78.9 Å². The van der Waals surface area contributed by atoms with E-state index in [-0.39, 0.29) is 11.7 Å². The third-order valence-electron chi connectivity index (χ3n) is 4.41. The fourth-order valence-electron chi connectivity index (χ4n) is 2.97. The lowest BCUT2D eigenvalue weighted by Gasteiger charge is -2.11. The van der Waals surface area contributed by atoms with Crippen molar-refractivity contribution >= 4 is 22.5 Å². The van der Waals surface area contributed by atoms with Crippen LogP contribution in [0.4, 0.5) is 10.1 Å². The number of nitrogens with zero attached hydrogens (tertiary/aromatic N) is 1. The average Bonchev–Trinajstić information content (AvgIpc) is 2.69. The van der Waals surface area contributed by atoms with Crippen LogP contribution >= 0.6 is 0 Å². The van der Waals surface area contributed by atoms with E-state index in [0.29, 0.717) is 11.3 Å². The van der Waals surface area contributed by atoms with Gasteiger partial charge in [-0.2, -0.15) is 0 Å². The molecule has 0 aliphatic heterocycles. The molecule has 1 heterocycles. The maximum absolute atomic E-state index is 13.1. The lowest BCUT2D eigenvalue weighted by Crippen LogP contribution is -2.13. The topological polar surface area (TPSA) is 42.0 Å². The zero-order valence-electron chi connectivity index (χ0n) is 14.7. The van der Waals surface area contributed by atoms with E-state index in [9.17, 15) is 9.18 Å². The van der Waals surface area contributed by atoms with Gasteiger partial charge in [-0.25, -0.2) is 9.37 Å². The molecule has 0 saturated heterocycles. The standard InChI is InChI=1S/C23H17FN2O/c1-15-6-8-16(9-7-15)22-14-20(19-4-2-3-5-21(19)26-22)23(27)25-18-12-10-17(24)11-13-18/h2-14H,1H3,(H,25,27). The van der Waals surface area contributed by atoms with E-state index in [0.717, 1.165) is 27.7 Å². The third kappa shape index (κ3) is 3.55. The molecule has 0 bridgehead atoms. The number of halogens is 1.